The molecule has 0 radical (unpaired) electrons. The predicted molar refractivity (Wildman–Crippen MR) is 90.2 cm³/mol. The van der Waals surface area contributed by atoms with E-state index in [2.05, 4.69) is 10.3 Å². The predicted octanol–water partition coefficient (Wildman–Crippen LogP) is 2.72. The van der Waals surface area contributed by atoms with Gasteiger partial charge in [0.05, 0.1) is 11.1 Å². The lowest BCUT2D eigenvalue weighted by Gasteiger charge is -2.35. The number of rotatable bonds is 3. The highest BCUT2D eigenvalue weighted by molar-refractivity contribution is 7.89. The first kappa shape index (κ1) is 16.7. The van der Waals surface area contributed by atoms with Crippen molar-refractivity contribution in [1.29, 1.82) is 0 Å². The quantitative estimate of drug-likeness (QED) is 0.900. The summed E-state index contributed by atoms with van der Waals surface area (Å²) in [6, 6.07) is 8.32. The third kappa shape index (κ3) is 3.36. The summed E-state index contributed by atoms with van der Waals surface area (Å²) in [6.07, 6.45) is 2.72. The van der Waals surface area contributed by atoms with E-state index in [1.807, 2.05) is 18.2 Å². The lowest BCUT2D eigenvalue weighted by Crippen LogP contribution is -2.48. The minimum atomic E-state index is -3.71. The smallest absolute Gasteiger partial charge is 0.245 e. The van der Waals surface area contributed by atoms with Crippen molar-refractivity contribution in [1.82, 2.24) is 14.6 Å². The standard InChI is InChI=1S/C15H15Cl2N3O2S/c16-11-7-12(9-19-8-11)23(21,22)20-6-5-18-10-15(20)13-3-1-2-4-14(13)17/h1-4,7-9,15,18H,5-6,10H2. The molecule has 1 aromatic carbocycles. The van der Waals surface area contributed by atoms with E-state index in [0.29, 0.717) is 24.7 Å². The molecule has 3 rings (SSSR count). The highest BCUT2D eigenvalue weighted by atomic mass is 35.5. The Morgan fingerprint density at radius 3 is 2.74 bits per heavy atom. The fraction of sp³-hybridized carbons (Fsp3) is 0.267. The second kappa shape index (κ2) is 6.75. The maximum Gasteiger partial charge on any atom is 0.245 e. The molecular weight excluding hydrogens is 357 g/mol. The Balaban J connectivity index is 2.03. The van der Waals surface area contributed by atoms with Gasteiger partial charge in [0.25, 0.3) is 0 Å². The van der Waals surface area contributed by atoms with Gasteiger partial charge in [0.2, 0.25) is 10.0 Å². The van der Waals surface area contributed by atoms with Crippen molar-refractivity contribution in [3.63, 3.8) is 0 Å². The summed E-state index contributed by atoms with van der Waals surface area (Å²) in [7, 11) is -3.71. The van der Waals surface area contributed by atoms with Crippen molar-refractivity contribution in [2.24, 2.45) is 0 Å². The number of nitrogens with zero attached hydrogens (tertiary/aromatic N) is 2. The maximum absolute atomic E-state index is 13.0. The molecule has 23 heavy (non-hydrogen) atoms. The van der Waals surface area contributed by atoms with Crippen LogP contribution in [0, 0.1) is 0 Å². The number of aromatic nitrogens is 1. The van der Waals surface area contributed by atoms with Crippen molar-refractivity contribution < 1.29 is 8.42 Å². The Labute approximate surface area is 145 Å². The largest absolute Gasteiger partial charge is 0.313 e. The first-order chi connectivity index (χ1) is 11.0. The third-order valence-corrected chi connectivity index (χ3v) is 6.17. The minimum Gasteiger partial charge on any atom is -0.313 e. The summed E-state index contributed by atoms with van der Waals surface area (Å²) in [6.45, 7) is 1.43. The lowest BCUT2D eigenvalue weighted by atomic mass is 10.1. The van der Waals surface area contributed by atoms with Crippen molar-refractivity contribution in [3.8, 4) is 0 Å². The number of nitrogens with one attached hydrogen (secondary N) is 1. The topological polar surface area (TPSA) is 62.3 Å². The van der Waals surface area contributed by atoms with Gasteiger partial charge in [-0.05, 0) is 17.7 Å². The molecule has 1 aliphatic heterocycles. The van der Waals surface area contributed by atoms with Crippen LogP contribution in [0.3, 0.4) is 0 Å². The number of sulfonamides is 1. The molecule has 2 aromatic rings. The van der Waals surface area contributed by atoms with Crippen LogP contribution in [0.1, 0.15) is 11.6 Å². The van der Waals surface area contributed by atoms with Gasteiger partial charge in [0.15, 0.2) is 0 Å². The van der Waals surface area contributed by atoms with Gasteiger partial charge in [-0.2, -0.15) is 4.31 Å². The molecule has 1 unspecified atom stereocenters. The van der Waals surface area contributed by atoms with Gasteiger partial charge in [0, 0.05) is 37.1 Å². The van der Waals surface area contributed by atoms with E-state index in [1.165, 1.54) is 22.8 Å². The molecule has 1 aliphatic rings. The Morgan fingerprint density at radius 1 is 1.22 bits per heavy atom. The van der Waals surface area contributed by atoms with E-state index in [9.17, 15) is 8.42 Å². The van der Waals surface area contributed by atoms with Gasteiger partial charge in [-0.15, -0.1) is 0 Å². The van der Waals surface area contributed by atoms with Crippen LogP contribution in [-0.4, -0.2) is 37.3 Å². The molecule has 1 aromatic heterocycles. The zero-order valence-corrected chi connectivity index (χ0v) is 14.4. The number of hydrogen-bond acceptors (Lipinski definition) is 4. The fourth-order valence-electron chi connectivity index (χ4n) is 2.65. The highest BCUT2D eigenvalue weighted by Gasteiger charge is 2.35. The molecule has 122 valence electrons. The average Bonchev–Trinajstić information content (AvgIpc) is 2.55. The Kier molecular flexibility index (Phi) is 4.89. The number of benzene rings is 1. The normalized spacial score (nSPS) is 19.7. The molecule has 0 bridgehead atoms. The van der Waals surface area contributed by atoms with Crippen LogP contribution in [0.2, 0.25) is 10.0 Å². The van der Waals surface area contributed by atoms with Gasteiger partial charge in [-0.3, -0.25) is 4.98 Å². The van der Waals surface area contributed by atoms with Crippen molar-refractivity contribution in [3.05, 3.63) is 58.3 Å². The number of piperazine rings is 1. The van der Waals surface area contributed by atoms with Gasteiger partial charge in [-0.25, -0.2) is 8.42 Å². The molecular formula is C15H15Cl2N3O2S. The van der Waals surface area contributed by atoms with Crippen molar-refractivity contribution >= 4 is 33.2 Å². The molecule has 8 heteroatoms. The van der Waals surface area contributed by atoms with Crippen LogP contribution in [0.15, 0.2) is 47.6 Å². The first-order valence-corrected chi connectivity index (χ1v) is 9.27. The number of hydrogen-bond donors (Lipinski definition) is 1. The Bertz CT molecular complexity index is 814. The van der Waals surface area contributed by atoms with E-state index in [1.54, 1.807) is 6.07 Å². The summed E-state index contributed by atoms with van der Waals surface area (Å²) < 4.78 is 27.4. The maximum atomic E-state index is 13.0. The first-order valence-electron chi connectivity index (χ1n) is 7.07. The van der Waals surface area contributed by atoms with Gasteiger partial charge in [-0.1, -0.05) is 41.4 Å². The highest BCUT2D eigenvalue weighted by Crippen LogP contribution is 2.32. The van der Waals surface area contributed by atoms with E-state index < -0.39 is 10.0 Å². The van der Waals surface area contributed by atoms with E-state index >= 15 is 0 Å². The number of halogens is 2. The average molecular weight is 372 g/mol. The zero-order chi connectivity index (χ0) is 16.4. The second-order valence-electron chi connectivity index (χ2n) is 5.20. The lowest BCUT2D eigenvalue weighted by molar-refractivity contribution is 0.271. The van der Waals surface area contributed by atoms with Crippen LogP contribution in [-0.2, 0) is 10.0 Å². The van der Waals surface area contributed by atoms with Crippen LogP contribution >= 0.6 is 23.2 Å². The fourth-order valence-corrected chi connectivity index (χ4v) is 4.75. The van der Waals surface area contributed by atoms with E-state index in [0.717, 1.165) is 5.56 Å². The van der Waals surface area contributed by atoms with Gasteiger partial charge in [0.1, 0.15) is 4.90 Å². The molecule has 1 saturated heterocycles. The molecule has 0 saturated carbocycles. The summed E-state index contributed by atoms with van der Waals surface area (Å²) >= 11 is 12.2. The minimum absolute atomic E-state index is 0.0870. The van der Waals surface area contributed by atoms with Crippen molar-refractivity contribution in [2.45, 2.75) is 10.9 Å². The summed E-state index contributed by atoms with van der Waals surface area (Å²) in [5, 5.41) is 4.05. The molecule has 0 amide bonds. The summed E-state index contributed by atoms with van der Waals surface area (Å²) in [4.78, 5) is 3.97. The molecule has 1 N–H and O–H groups in total. The second-order valence-corrected chi connectivity index (χ2v) is 7.93. The molecule has 5 nitrogen and oxygen atoms in total. The number of pyridine rings is 1. The Hall–Kier alpha value is -1.18. The summed E-state index contributed by atoms with van der Waals surface area (Å²) in [5.74, 6) is 0. The molecule has 0 aliphatic carbocycles. The van der Waals surface area contributed by atoms with Crippen LogP contribution in [0.5, 0.6) is 0 Å². The molecule has 1 fully saturated rings. The third-order valence-electron chi connectivity index (χ3n) is 3.74. The van der Waals surface area contributed by atoms with Gasteiger partial charge < -0.3 is 5.32 Å². The Morgan fingerprint density at radius 2 is 2.00 bits per heavy atom. The van der Waals surface area contributed by atoms with Gasteiger partial charge >= 0.3 is 0 Å². The SMILES string of the molecule is O=S(=O)(c1cncc(Cl)c1)N1CCNCC1c1ccccc1Cl. The monoisotopic (exact) mass is 371 g/mol. The van der Waals surface area contributed by atoms with Crippen LogP contribution < -0.4 is 5.32 Å². The van der Waals surface area contributed by atoms with E-state index in [-0.39, 0.29) is 16.0 Å². The zero-order valence-electron chi connectivity index (χ0n) is 12.1. The van der Waals surface area contributed by atoms with Crippen LogP contribution in [0.25, 0.3) is 0 Å². The van der Waals surface area contributed by atoms with E-state index in [4.69, 9.17) is 23.2 Å². The molecule has 1 atom stereocenters. The molecule has 0 spiro atoms. The summed E-state index contributed by atoms with van der Waals surface area (Å²) in [5.41, 5.74) is 0.778. The van der Waals surface area contributed by atoms with Crippen molar-refractivity contribution in [2.75, 3.05) is 19.6 Å². The molecule has 2 heterocycles. The van der Waals surface area contributed by atoms with Crippen LogP contribution in [0.4, 0.5) is 0 Å².